The first-order chi connectivity index (χ1) is 17.4. The molecule has 1 saturated heterocycles. The van der Waals surface area contributed by atoms with E-state index in [1.807, 2.05) is 42.2 Å². The Labute approximate surface area is 204 Å². The number of nitrogens with one attached hydrogen (secondary N) is 2. The summed E-state index contributed by atoms with van der Waals surface area (Å²) in [7, 11) is 0. The number of aromatic amines is 2. The van der Waals surface area contributed by atoms with Crippen LogP contribution in [-0.4, -0.2) is 44.2 Å². The lowest BCUT2D eigenvalue weighted by Crippen LogP contribution is -2.39. The van der Waals surface area contributed by atoms with Gasteiger partial charge in [0.15, 0.2) is 5.82 Å². The fourth-order valence-electron chi connectivity index (χ4n) is 4.71. The molecule has 6 rings (SSSR count). The van der Waals surface area contributed by atoms with E-state index in [4.69, 9.17) is 4.74 Å². The third-order valence-corrected chi connectivity index (χ3v) is 6.68. The second kappa shape index (κ2) is 8.54. The number of aromatic nitrogens is 5. The Bertz CT molecular complexity index is 1530. The summed E-state index contributed by atoms with van der Waals surface area (Å²) < 4.78 is 47.5. The highest BCUT2D eigenvalue weighted by molar-refractivity contribution is 5.93. The Morgan fingerprint density at radius 2 is 1.92 bits per heavy atom. The van der Waals surface area contributed by atoms with Gasteiger partial charge in [0.25, 0.3) is 5.92 Å². The fourth-order valence-corrected chi connectivity index (χ4v) is 4.71. The van der Waals surface area contributed by atoms with E-state index in [1.54, 1.807) is 18.5 Å². The van der Waals surface area contributed by atoms with Gasteiger partial charge >= 0.3 is 0 Å². The molecule has 0 spiro atoms. The lowest BCUT2D eigenvalue weighted by Gasteiger charge is -2.32. The topological polar surface area (TPSA) is 82.7 Å². The van der Waals surface area contributed by atoms with Crippen molar-refractivity contribution in [3.8, 4) is 17.0 Å². The highest BCUT2D eigenvalue weighted by atomic mass is 19.3. The molecule has 1 aliphatic rings. The van der Waals surface area contributed by atoms with Crippen LogP contribution in [0.3, 0.4) is 0 Å². The van der Waals surface area contributed by atoms with E-state index in [-0.39, 0.29) is 31.7 Å². The number of H-pyrrole nitrogens is 2. The average molecular weight is 493 g/mol. The van der Waals surface area contributed by atoms with Crippen LogP contribution in [0.25, 0.3) is 33.2 Å². The highest BCUT2D eigenvalue weighted by Crippen LogP contribution is 2.34. The number of benzene rings is 1. The molecule has 1 atom stereocenters. The van der Waals surface area contributed by atoms with Crippen LogP contribution in [0.5, 0.6) is 5.75 Å². The van der Waals surface area contributed by atoms with Crippen LogP contribution in [0.15, 0.2) is 55.0 Å². The maximum Gasteiger partial charge on any atom is 0.251 e. The van der Waals surface area contributed by atoms with Gasteiger partial charge in [0.05, 0.1) is 10.9 Å². The standard InChI is InChI=1S/C26H23F3N6O/c1-15(18-6-9-30-25-23(18)20(27)14-32-25)36-17-3-4-21-19(12-17)24(34-33-21)16-2-5-22(31-13-16)35-10-7-26(28,29)8-11-35/h2-6,9,12-15H,7-8,10-11H2,1H3,(H,30,32)(H,33,34). The third-order valence-electron chi connectivity index (χ3n) is 6.68. The Hall–Kier alpha value is -4.08. The lowest BCUT2D eigenvalue weighted by atomic mass is 10.1. The zero-order valence-corrected chi connectivity index (χ0v) is 19.4. The molecule has 1 unspecified atom stereocenters. The fraction of sp³-hybridized carbons (Fsp3) is 0.269. The number of fused-ring (bicyclic) bond motifs is 2. The van der Waals surface area contributed by atoms with Gasteiger partial charge in [-0.15, -0.1) is 0 Å². The average Bonchev–Trinajstić information content (AvgIpc) is 3.47. The molecule has 0 amide bonds. The molecule has 0 saturated carbocycles. The smallest absolute Gasteiger partial charge is 0.251 e. The van der Waals surface area contributed by atoms with Crippen LogP contribution < -0.4 is 9.64 Å². The number of ether oxygens (including phenoxy) is 1. The molecule has 36 heavy (non-hydrogen) atoms. The zero-order chi connectivity index (χ0) is 24.9. The van der Waals surface area contributed by atoms with Gasteiger partial charge in [-0.2, -0.15) is 5.10 Å². The Morgan fingerprint density at radius 3 is 2.69 bits per heavy atom. The monoisotopic (exact) mass is 492 g/mol. The normalized spacial score (nSPS) is 16.5. The molecule has 1 aromatic carbocycles. The van der Waals surface area contributed by atoms with Crippen molar-refractivity contribution < 1.29 is 17.9 Å². The minimum absolute atomic E-state index is 0.163. The van der Waals surface area contributed by atoms with Crippen molar-refractivity contribution >= 4 is 27.8 Å². The Balaban J connectivity index is 1.25. The number of nitrogens with zero attached hydrogens (tertiary/aromatic N) is 4. The van der Waals surface area contributed by atoms with E-state index in [0.29, 0.717) is 33.9 Å². The van der Waals surface area contributed by atoms with Crippen LogP contribution in [-0.2, 0) is 0 Å². The van der Waals surface area contributed by atoms with E-state index >= 15 is 0 Å². The molecule has 184 valence electrons. The van der Waals surface area contributed by atoms with Crippen molar-refractivity contribution in [2.24, 2.45) is 0 Å². The second-order valence-electron chi connectivity index (χ2n) is 9.05. The van der Waals surface area contributed by atoms with Crippen molar-refractivity contribution in [2.75, 3.05) is 18.0 Å². The minimum Gasteiger partial charge on any atom is -0.486 e. The number of alkyl halides is 2. The van der Waals surface area contributed by atoms with Gasteiger partial charge in [0, 0.05) is 61.0 Å². The minimum atomic E-state index is -2.60. The zero-order valence-electron chi connectivity index (χ0n) is 19.4. The molecule has 4 aromatic heterocycles. The van der Waals surface area contributed by atoms with Crippen molar-refractivity contribution in [1.82, 2.24) is 25.1 Å². The summed E-state index contributed by atoms with van der Waals surface area (Å²) in [6, 6.07) is 11.1. The van der Waals surface area contributed by atoms with Crippen molar-refractivity contribution in [3.63, 3.8) is 0 Å². The van der Waals surface area contributed by atoms with Crippen molar-refractivity contribution in [2.45, 2.75) is 31.8 Å². The van der Waals surface area contributed by atoms with Gasteiger partial charge in [-0.05, 0) is 43.3 Å². The maximum atomic E-state index is 14.3. The van der Waals surface area contributed by atoms with Crippen LogP contribution in [0.1, 0.15) is 31.4 Å². The van der Waals surface area contributed by atoms with Crippen LogP contribution in [0.4, 0.5) is 19.0 Å². The molecule has 1 aliphatic heterocycles. The SMILES string of the molecule is CC(Oc1ccc2[nH]nc(-c3ccc(N4CCC(F)(F)CC4)nc3)c2c1)c1ccnc2[nH]cc(F)c12. The number of hydrogen-bond donors (Lipinski definition) is 2. The van der Waals surface area contributed by atoms with Gasteiger partial charge in [0.1, 0.15) is 29.0 Å². The van der Waals surface area contributed by atoms with E-state index in [0.717, 1.165) is 16.5 Å². The first kappa shape index (κ1) is 22.4. The molecule has 0 bridgehead atoms. The van der Waals surface area contributed by atoms with Crippen molar-refractivity contribution in [1.29, 1.82) is 0 Å². The van der Waals surface area contributed by atoms with Gasteiger partial charge in [-0.25, -0.2) is 23.1 Å². The molecule has 1 fully saturated rings. The van der Waals surface area contributed by atoms with Gasteiger partial charge in [0.2, 0.25) is 0 Å². The number of piperidine rings is 1. The van der Waals surface area contributed by atoms with Gasteiger partial charge in [-0.3, -0.25) is 5.10 Å². The molecule has 2 N–H and O–H groups in total. The first-order valence-corrected chi connectivity index (χ1v) is 11.7. The summed E-state index contributed by atoms with van der Waals surface area (Å²) in [5, 5.41) is 8.74. The molecular formula is C26H23F3N6O. The third kappa shape index (κ3) is 4.02. The summed E-state index contributed by atoms with van der Waals surface area (Å²) >= 11 is 0. The predicted octanol–water partition coefficient (Wildman–Crippen LogP) is 6.02. The number of pyridine rings is 2. The van der Waals surface area contributed by atoms with E-state index in [1.165, 1.54) is 6.20 Å². The Kier molecular flexibility index (Phi) is 5.31. The molecule has 0 aliphatic carbocycles. The summed E-state index contributed by atoms with van der Waals surface area (Å²) in [5.41, 5.74) is 3.50. The van der Waals surface area contributed by atoms with E-state index in [9.17, 15) is 13.2 Å². The Morgan fingerprint density at radius 1 is 1.08 bits per heavy atom. The molecule has 7 nitrogen and oxygen atoms in total. The van der Waals surface area contributed by atoms with E-state index in [2.05, 4.69) is 25.1 Å². The number of rotatable bonds is 5. The molecule has 5 heterocycles. The number of halogens is 3. The number of anilines is 1. The summed E-state index contributed by atoms with van der Waals surface area (Å²) in [6.45, 7) is 2.42. The summed E-state index contributed by atoms with van der Waals surface area (Å²) in [4.78, 5) is 13.4. The highest BCUT2D eigenvalue weighted by Gasteiger charge is 2.34. The van der Waals surface area contributed by atoms with Crippen LogP contribution in [0, 0.1) is 5.82 Å². The summed E-state index contributed by atoms with van der Waals surface area (Å²) in [6.07, 6.45) is 3.86. The first-order valence-electron chi connectivity index (χ1n) is 11.7. The van der Waals surface area contributed by atoms with Crippen LogP contribution in [0.2, 0.25) is 0 Å². The van der Waals surface area contributed by atoms with Crippen molar-refractivity contribution in [3.05, 3.63) is 66.4 Å². The largest absolute Gasteiger partial charge is 0.486 e. The lowest BCUT2D eigenvalue weighted by molar-refractivity contribution is -0.0221. The predicted molar refractivity (Wildman–Crippen MR) is 131 cm³/mol. The quantitative estimate of drug-likeness (QED) is 0.314. The van der Waals surface area contributed by atoms with Crippen LogP contribution >= 0.6 is 0 Å². The molecule has 5 aromatic rings. The van der Waals surface area contributed by atoms with Gasteiger partial charge < -0.3 is 14.6 Å². The maximum absolute atomic E-state index is 14.3. The van der Waals surface area contributed by atoms with E-state index < -0.39 is 12.0 Å². The summed E-state index contributed by atoms with van der Waals surface area (Å²) in [5.74, 6) is -1.68. The second-order valence-corrected chi connectivity index (χ2v) is 9.05. The molecular weight excluding hydrogens is 469 g/mol. The van der Waals surface area contributed by atoms with Gasteiger partial charge in [-0.1, -0.05) is 0 Å². The molecule has 10 heteroatoms. The molecule has 0 radical (unpaired) electrons. The number of hydrogen-bond acceptors (Lipinski definition) is 5.